The van der Waals surface area contributed by atoms with E-state index < -0.39 is 16.8 Å². The van der Waals surface area contributed by atoms with Crippen molar-refractivity contribution in [3.63, 3.8) is 0 Å². The second-order valence-electron chi connectivity index (χ2n) is 5.92. The van der Waals surface area contributed by atoms with Crippen LogP contribution in [0.2, 0.25) is 5.02 Å². The van der Waals surface area contributed by atoms with Crippen LogP contribution in [0.4, 0.5) is 15.8 Å². The van der Waals surface area contributed by atoms with Gasteiger partial charge < -0.3 is 10.1 Å². The van der Waals surface area contributed by atoms with Crippen LogP contribution >= 0.6 is 11.6 Å². The van der Waals surface area contributed by atoms with Crippen molar-refractivity contribution < 1.29 is 18.8 Å². The second-order valence-corrected chi connectivity index (χ2v) is 6.33. The van der Waals surface area contributed by atoms with Crippen molar-refractivity contribution in [3.05, 3.63) is 62.9 Å². The number of ether oxygens (including phenoxy) is 1. The number of nitro groups is 1. The maximum Gasteiger partial charge on any atom is 0.273 e. The lowest BCUT2D eigenvalue weighted by molar-refractivity contribution is -0.384. The Kier molecular flexibility index (Phi) is 6.70. The molecule has 0 bridgehead atoms. The molecule has 27 heavy (non-hydrogen) atoms. The summed E-state index contributed by atoms with van der Waals surface area (Å²) in [5, 5.41) is 13.8. The summed E-state index contributed by atoms with van der Waals surface area (Å²) in [7, 11) is 3.02. The number of hydrogen-bond acceptors (Lipinski definition) is 5. The fraction of sp³-hybridized carbons (Fsp3) is 0.278. The fourth-order valence-corrected chi connectivity index (χ4v) is 2.63. The molecule has 0 saturated carbocycles. The van der Waals surface area contributed by atoms with Gasteiger partial charge in [-0.2, -0.15) is 0 Å². The molecule has 0 spiro atoms. The third-order valence-electron chi connectivity index (χ3n) is 4.16. The standard InChI is InChI=1S/C18H19ClFN3O4/c1-11(22(2)10-13-14(19)5-4-6-15(13)20)18(24)21-16-8-7-12(23(25)26)9-17(16)27-3/h4-9,11H,10H2,1-3H3,(H,21,24)/t11-/m0/s1. The summed E-state index contributed by atoms with van der Waals surface area (Å²) in [6, 6.07) is 7.67. The first kappa shape index (κ1) is 20.6. The minimum Gasteiger partial charge on any atom is -0.494 e. The Morgan fingerprint density at radius 2 is 2.11 bits per heavy atom. The average molecular weight is 396 g/mol. The number of methoxy groups -OCH3 is 1. The number of anilines is 1. The molecule has 2 rings (SSSR count). The zero-order valence-electron chi connectivity index (χ0n) is 15.0. The molecule has 0 aromatic heterocycles. The number of hydrogen-bond donors (Lipinski definition) is 1. The number of non-ortho nitro benzene ring substituents is 1. The molecule has 2 aromatic rings. The van der Waals surface area contributed by atoms with Crippen LogP contribution < -0.4 is 10.1 Å². The van der Waals surface area contributed by atoms with Gasteiger partial charge in [0.15, 0.2) is 0 Å². The van der Waals surface area contributed by atoms with Crippen molar-refractivity contribution in [1.29, 1.82) is 0 Å². The highest BCUT2D eigenvalue weighted by Crippen LogP contribution is 2.29. The molecule has 0 unspecified atom stereocenters. The van der Waals surface area contributed by atoms with E-state index in [4.69, 9.17) is 16.3 Å². The Morgan fingerprint density at radius 1 is 1.41 bits per heavy atom. The van der Waals surface area contributed by atoms with Gasteiger partial charge in [-0.25, -0.2) is 4.39 Å². The lowest BCUT2D eigenvalue weighted by Gasteiger charge is -2.24. The molecule has 0 aliphatic carbocycles. The fourth-order valence-electron chi connectivity index (χ4n) is 2.40. The van der Waals surface area contributed by atoms with Crippen LogP contribution in [-0.4, -0.2) is 35.9 Å². The topological polar surface area (TPSA) is 84.7 Å². The van der Waals surface area contributed by atoms with Gasteiger partial charge in [0, 0.05) is 23.2 Å². The van der Waals surface area contributed by atoms with Gasteiger partial charge in [0.2, 0.25) is 5.91 Å². The Hall–Kier alpha value is -2.71. The summed E-state index contributed by atoms with van der Waals surface area (Å²) in [6.07, 6.45) is 0. The summed E-state index contributed by atoms with van der Waals surface area (Å²) >= 11 is 6.03. The maximum absolute atomic E-state index is 13.9. The molecule has 9 heteroatoms. The SMILES string of the molecule is COc1cc([N+](=O)[O-])ccc1NC(=O)[C@H](C)N(C)Cc1c(F)cccc1Cl. The summed E-state index contributed by atoms with van der Waals surface area (Å²) in [5.41, 5.74) is 0.454. The molecule has 0 saturated heterocycles. The number of carbonyl (C=O) groups excluding carboxylic acids is 1. The molecule has 0 aliphatic heterocycles. The van der Waals surface area contributed by atoms with Gasteiger partial charge in [0.25, 0.3) is 5.69 Å². The summed E-state index contributed by atoms with van der Waals surface area (Å²) in [6.45, 7) is 1.79. The Morgan fingerprint density at radius 3 is 2.70 bits per heavy atom. The van der Waals surface area contributed by atoms with E-state index in [0.717, 1.165) is 0 Å². The molecule has 0 radical (unpaired) electrons. The van der Waals surface area contributed by atoms with Gasteiger partial charge in [-0.15, -0.1) is 0 Å². The molecule has 1 atom stereocenters. The van der Waals surface area contributed by atoms with E-state index >= 15 is 0 Å². The van der Waals surface area contributed by atoms with Crippen molar-refractivity contribution in [3.8, 4) is 5.75 Å². The third-order valence-corrected chi connectivity index (χ3v) is 4.52. The number of benzene rings is 2. The highest BCUT2D eigenvalue weighted by molar-refractivity contribution is 6.31. The van der Waals surface area contributed by atoms with Crippen molar-refractivity contribution in [1.82, 2.24) is 4.90 Å². The van der Waals surface area contributed by atoms with Gasteiger partial charge in [-0.3, -0.25) is 19.8 Å². The first-order valence-corrected chi connectivity index (χ1v) is 8.38. The normalized spacial score (nSPS) is 11.9. The molecule has 1 amide bonds. The average Bonchev–Trinajstić information content (AvgIpc) is 2.64. The molecule has 144 valence electrons. The summed E-state index contributed by atoms with van der Waals surface area (Å²) in [5.74, 6) is -0.652. The van der Waals surface area contributed by atoms with Gasteiger partial charge in [-0.1, -0.05) is 17.7 Å². The number of nitrogens with zero attached hydrogens (tertiary/aromatic N) is 2. The zero-order valence-corrected chi connectivity index (χ0v) is 15.8. The number of likely N-dealkylation sites (N-methyl/N-ethyl adjacent to an activating group) is 1. The number of halogens is 2. The number of amides is 1. The predicted molar refractivity (Wildman–Crippen MR) is 101 cm³/mol. The zero-order chi connectivity index (χ0) is 20.1. The summed E-state index contributed by atoms with van der Waals surface area (Å²) < 4.78 is 19.0. The number of rotatable bonds is 7. The first-order valence-electron chi connectivity index (χ1n) is 8.01. The Balaban J connectivity index is 2.12. The molecule has 0 heterocycles. The van der Waals surface area contributed by atoms with E-state index in [1.54, 1.807) is 24.9 Å². The van der Waals surface area contributed by atoms with E-state index in [2.05, 4.69) is 5.32 Å². The van der Waals surface area contributed by atoms with Crippen LogP contribution in [0, 0.1) is 15.9 Å². The van der Waals surface area contributed by atoms with E-state index in [-0.39, 0.29) is 28.9 Å². The molecular formula is C18H19ClFN3O4. The molecule has 7 nitrogen and oxygen atoms in total. The van der Waals surface area contributed by atoms with Crippen LogP contribution in [0.25, 0.3) is 0 Å². The van der Waals surface area contributed by atoms with E-state index in [9.17, 15) is 19.3 Å². The van der Waals surface area contributed by atoms with Crippen molar-refractivity contribution in [2.75, 3.05) is 19.5 Å². The quantitative estimate of drug-likeness (QED) is 0.568. The highest BCUT2D eigenvalue weighted by Gasteiger charge is 2.22. The van der Waals surface area contributed by atoms with Gasteiger partial charge in [-0.05, 0) is 32.2 Å². The van der Waals surface area contributed by atoms with Crippen LogP contribution in [0.5, 0.6) is 5.75 Å². The number of carbonyl (C=O) groups is 1. The number of nitro benzene ring substituents is 1. The van der Waals surface area contributed by atoms with Gasteiger partial charge in [0.05, 0.1) is 29.8 Å². The third kappa shape index (κ3) is 4.93. The molecule has 0 aliphatic rings. The lowest BCUT2D eigenvalue weighted by atomic mass is 10.1. The van der Waals surface area contributed by atoms with Crippen LogP contribution in [0.1, 0.15) is 12.5 Å². The predicted octanol–water partition coefficient (Wildman–Crippen LogP) is 3.85. The minimum atomic E-state index is -0.624. The maximum atomic E-state index is 13.9. The van der Waals surface area contributed by atoms with E-state index in [1.165, 1.54) is 37.4 Å². The van der Waals surface area contributed by atoms with Crippen LogP contribution in [0.15, 0.2) is 36.4 Å². The minimum absolute atomic E-state index is 0.136. The monoisotopic (exact) mass is 395 g/mol. The Bertz CT molecular complexity index is 842. The molecule has 0 fully saturated rings. The van der Waals surface area contributed by atoms with Crippen LogP contribution in [0.3, 0.4) is 0 Å². The van der Waals surface area contributed by atoms with Crippen molar-refractivity contribution in [2.24, 2.45) is 0 Å². The van der Waals surface area contributed by atoms with Crippen LogP contribution in [-0.2, 0) is 11.3 Å². The lowest BCUT2D eigenvalue weighted by Crippen LogP contribution is -2.39. The van der Waals surface area contributed by atoms with Crippen molar-refractivity contribution >= 4 is 28.9 Å². The smallest absolute Gasteiger partial charge is 0.273 e. The Labute approximate surface area is 160 Å². The number of nitrogens with one attached hydrogen (secondary N) is 1. The van der Waals surface area contributed by atoms with E-state index in [1.807, 2.05) is 0 Å². The highest BCUT2D eigenvalue weighted by atomic mass is 35.5. The van der Waals surface area contributed by atoms with Gasteiger partial charge in [0.1, 0.15) is 11.6 Å². The summed E-state index contributed by atoms with van der Waals surface area (Å²) in [4.78, 5) is 24.5. The largest absolute Gasteiger partial charge is 0.494 e. The van der Waals surface area contributed by atoms with Crippen molar-refractivity contribution in [2.45, 2.75) is 19.5 Å². The molecule has 2 aromatic carbocycles. The van der Waals surface area contributed by atoms with E-state index in [0.29, 0.717) is 11.3 Å². The van der Waals surface area contributed by atoms with Gasteiger partial charge >= 0.3 is 0 Å². The molecule has 1 N–H and O–H groups in total. The molecular weight excluding hydrogens is 377 g/mol. The second kappa shape index (κ2) is 8.79. The first-order chi connectivity index (χ1) is 12.7.